The van der Waals surface area contributed by atoms with Crippen molar-refractivity contribution in [2.45, 2.75) is 58.0 Å². The normalized spacial score (nSPS) is 18.0. The molecule has 4 aromatic rings. The van der Waals surface area contributed by atoms with Crippen molar-refractivity contribution < 1.29 is 45.8 Å². The van der Waals surface area contributed by atoms with E-state index in [2.05, 4.69) is 5.32 Å². The number of carbonyl (C=O) groups is 2. The average molecular weight is 714 g/mol. The highest BCUT2D eigenvalue weighted by Crippen LogP contribution is 2.41. The van der Waals surface area contributed by atoms with Gasteiger partial charge in [-0.15, -0.1) is 0 Å². The van der Waals surface area contributed by atoms with E-state index in [1.165, 1.54) is 19.1 Å². The number of halogens is 6. The molecule has 51 heavy (non-hydrogen) atoms. The number of carboxylic acid groups (broad SMARTS) is 1. The van der Waals surface area contributed by atoms with Crippen LogP contribution in [0.25, 0.3) is 11.1 Å². The molecule has 1 amide bonds. The van der Waals surface area contributed by atoms with Gasteiger partial charge < -0.3 is 15.2 Å². The van der Waals surface area contributed by atoms with E-state index in [1.54, 1.807) is 24.0 Å². The molecule has 268 valence electrons. The number of ether oxygens (including phenoxy) is 1. The van der Waals surface area contributed by atoms with Gasteiger partial charge in [0.1, 0.15) is 35.3 Å². The Hall–Kier alpha value is -5.11. The molecule has 14 heteroatoms. The second-order valence-corrected chi connectivity index (χ2v) is 13.1. The molecule has 2 N–H and O–H groups in total. The number of amides is 1. The van der Waals surface area contributed by atoms with Crippen molar-refractivity contribution >= 4 is 11.9 Å². The van der Waals surface area contributed by atoms with Crippen molar-refractivity contribution in [3.63, 3.8) is 0 Å². The Morgan fingerprint density at radius 2 is 1.71 bits per heavy atom. The standard InChI is InChI=1S/C37H33F6N3O5/c1-18-8-19(2)33-22-10-20(3)34(40)26(11-22)29(14-32(48)49)44-36(50)35(25-12-24(4-5-28(25)39)51-30(33)9-18)46-15-21(6-7-45-16-23(38)17-45)27(13-31(46)47)37(41,42)43/h4-5,8-13,15,23,29,35H,6-7,14,16-17H2,1-3H3,(H,44,50)(H,48,49). The minimum absolute atomic E-state index is 0.00412. The van der Waals surface area contributed by atoms with Gasteiger partial charge in [-0.05, 0) is 91.4 Å². The number of aryl methyl sites for hydroxylation is 3. The fraction of sp³-hybridized carbons (Fsp3) is 0.324. The zero-order chi connectivity index (χ0) is 36.9. The molecule has 2 unspecified atom stereocenters. The lowest BCUT2D eigenvalue weighted by atomic mass is 9.91. The molecule has 8 nitrogen and oxygen atoms in total. The fourth-order valence-corrected chi connectivity index (χ4v) is 6.80. The summed E-state index contributed by atoms with van der Waals surface area (Å²) < 4.78 is 94.7. The largest absolute Gasteiger partial charge is 0.481 e. The van der Waals surface area contributed by atoms with Gasteiger partial charge in [0.05, 0.1) is 18.0 Å². The van der Waals surface area contributed by atoms with Crippen LogP contribution in [0.1, 0.15) is 57.4 Å². The van der Waals surface area contributed by atoms with Crippen molar-refractivity contribution in [1.29, 1.82) is 0 Å². The average Bonchev–Trinajstić information content (AvgIpc) is 3.01. The number of carboxylic acids is 1. The summed E-state index contributed by atoms with van der Waals surface area (Å²) >= 11 is 0. The molecule has 1 aromatic heterocycles. The number of aliphatic carboxylic acids is 1. The van der Waals surface area contributed by atoms with Crippen LogP contribution in [-0.4, -0.2) is 52.3 Å². The molecule has 0 spiro atoms. The van der Waals surface area contributed by atoms with Gasteiger partial charge in [-0.2, -0.15) is 13.2 Å². The van der Waals surface area contributed by atoms with Crippen LogP contribution in [0.5, 0.6) is 11.5 Å². The summed E-state index contributed by atoms with van der Waals surface area (Å²) in [6, 6.07) is 6.57. The highest BCUT2D eigenvalue weighted by Gasteiger charge is 2.38. The van der Waals surface area contributed by atoms with Crippen molar-refractivity contribution in [3.8, 4) is 22.6 Å². The Balaban J connectivity index is 1.59. The van der Waals surface area contributed by atoms with E-state index in [4.69, 9.17) is 4.74 Å². The number of fused-ring (bicyclic) bond motifs is 6. The molecule has 4 bridgehead atoms. The zero-order valence-corrected chi connectivity index (χ0v) is 27.7. The summed E-state index contributed by atoms with van der Waals surface area (Å²) in [5.41, 5.74) is -1.17. The molecule has 6 rings (SSSR count). The Bertz CT molecular complexity index is 2110. The third-order valence-electron chi connectivity index (χ3n) is 9.18. The first-order valence-corrected chi connectivity index (χ1v) is 16.1. The van der Waals surface area contributed by atoms with Crippen LogP contribution in [0.2, 0.25) is 0 Å². The summed E-state index contributed by atoms with van der Waals surface area (Å²) in [7, 11) is 0. The van der Waals surface area contributed by atoms with Gasteiger partial charge in [-0.1, -0.05) is 6.07 Å². The maximum absolute atomic E-state index is 15.9. The molecule has 2 atom stereocenters. The van der Waals surface area contributed by atoms with E-state index >= 15 is 8.78 Å². The lowest BCUT2D eigenvalue weighted by Gasteiger charge is -2.34. The second-order valence-electron chi connectivity index (χ2n) is 13.1. The molecule has 2 aliphatic heterocycles. The van der Waals surface area contributed by atoms with E-state index in [1.807, 2.05) is 13.0 Å². The van der Waals surface area contributed by atoms with Gasteiger partial charge in [0.25, 0.3) is 5.56 Å². The quantitative estimate of drug-likeness (QED) is 0.210. The van der Waals surface area contributed by atoms with Crippen LogP contribution in [0, 0.1) is 32.4 Å². The van der Waals surface area contributed by atoms with Crippen molar-refractivity contribution in [2.24, 2.45) is 0 Å². The number of benzene rings is 3. The highest BCUT2D eigenvalue weighted by molar-refractivity contribution is 5.85. The summed E-state index contributed by atoms with van der Waals surface area (Å²) in [5, 5.41) is 12.3. The second kappa shape index (κ2) is 13.5. The monoisotopic (exact) mass is 713 g/mol. The third-order valence-corrected chi connectivity index (χ3v) is 9.18. The number of carbonyl (C=O) groups excluding carboxylic acids is 1. The van der Waals surface area contributed by atoms with E-state index in [-0.39, 0.29) is 48.7 Å². The van der Waals surface area contributed by atoms with Crippen LogP contribution in [0.15, 0.2) is 59.5 Å². The van der Waals surface area contributed by atoms with E-state index < -0.39 is 76.6 Å². The number of nitrogens with one attached hydrogen (secondary N) is 1. The molecule has 3 aromatic carbocycles. The van der Waals surface area contributed by atoms with Crippen LogP contribution >= 0.6 is 0 Å². The van der Waals surface area contributed by atoms with Gasteiger partial charge in [0.2, 0.25) is 5.91 Å². The van der Waals surface area contributed by atoms with Gasteiger partial charge >= 0.3 is 12.1 Å². The number of likely N-dealkylation sites (tertiary alicyclic amines) is 1. The van der Waals surface area contributed by atoms with E-state index in [0.717, 1.165) is 23.9 Å². The third kappa shape index (κ3) is 7.23. The SMILES string of the molecule is Cc1cc(C)c2c(c1)Oc1ccc(F)c(c1)C(n1cc(CCN3CC(F)C3)c(C(F)(F)F)cc1=O)C(=O)NC(CC(=O)O)c1cc-2cc(C)c1F. The van der Waals surface area contributed by atoms with Crippen LogP contribution in [0.4, 0.5) is 26.3 Å². The van der Waals surface area contributed by atoms with Crippen LogP contribution in [-0.2, 0) is 22.2 Å². The van der Waals surface area contributed by atoms with Crippen molar-refractivity contribution in [1.82, 2.24) is 14.8 Å². The van der Waals surface area contributed by atoms with Gasteiger partial charge in [0, 0.05) is 48.6 Å². The number of pyridine rings is 1. The Labute approximate surface area is 288 Å². The van der Waals surface area contributed by atoms with Crippen molar-refractivity contribution in [3.05, 3.63) is 116 Å². The summed E-state index contributed by atoms with van der Waals surface area (Å²) in [5.74, 6) is -4.20. The predicted octanol–water partition coefficient (Wildman–Crippen LogP) is 6.96. The predicted molar refractivity (Wildman–Crippen MR) is 175 cm³/mol. The molecule has 1 saturated heterocycles. The number of hydrogen-bond donors (Lipinski definition) is 2. The van der Waals surface area contributed by atoms with Gasteiger partial charge in [-0.3, -0.25) is 23.9 Å². The van der Waals surface area contributed by atoms with E-state index in [9.17, 15) is 37.1 Å². The summed E-state index contributed by atoms with van der Waals surface area (Å²) in [6.07, 6.45) is -6.41. The van der Waals surface area contributed by atoms with Crippen LogP contribution < -0.4 is 15.6 Å². The molecule has 0 aliphatic carbocycles. The zero-order valence-electron chi connectivity index (χ0n) is 27.7. The molecule has 3 heterocycles. The number of nitrogens with zero attached hydrogens (tertiary/aromatic N) is 2. The molecule has 0 radical (unpaired) electrons. The highest BCUT2D eigenvalue weighted by atomic mass is 19.4. The lowest BCUT2D eigenvalue weighted by Crippen LogP contribution is -2.49. The van der Waals surface area contributed by atoms with Gasteiger partial charge in [-0.25, -0.2) is 13.2 Å². The smallest absolute Gasteiger partial charge is 0.416 e. The first kappa shape index (κ1) is 35.7. The fourth-order valence-electron chi connectivity index (χ4n) is 6.80. The van der Waals surface area contributed by atoms with Crippen LogP contribution in [0.3, 0.4) is 0 Å². The number of hydrogen-bond acceptors (Lipinski definition) is 5. The first-order valence-electron chi connectivity index (χ1n) is 16.1. The first-order chi connectivity index (χ1) is 24.0. The minimum Gasteiger partial charge on any atom is -0.481 e. The maximum Gasteiger partial charge on any atom is 0.416 e. The molecular weight excluding hydrogens is 680 g/mol. The molecule has 1 fully saturated rings. The number of alkyl halides is 4. The lowest BCUT2D eigenvalue weighted by molar-refractivity contribution is -0.139. The summed E-state index contributed by atoms with van der Waals surface area (Å²) in [6.45, 7) is 5.11. The molecular formula is C37H33F6N3O5. The maximum atomic E-state index is 15.9. The Morgan fingerprint density at radius 1 is 0.980 bits per heavy atom. The molecule has 0 saturated carbocycles. The molecule has 2 aliphatic rings. The Kier molecular flexibility index (Phi) is 9.49. The number of rotatable bonds is 6. The van der Waals surface area contributed by atoms with E-state index in [0.29, 0.717) is 27.3 Å². The minimum atomic E-state index is -4.98. The topological polar surface area (TPSA) is 101 Å². The van der Waals surface area contributed by atoms with Crippen molar-refractivity contribution in [2.75, 3.05) is 19.6 Å². The summed E-state index contributed by atoms with van der Waals surface area (Å²) in [4.78, 5) is 41.5. The number of aromatic nitrogens is 1. The van der Waals surface area contributed by atoms with Gasteiger partial charge in [0.15, 0.2) is 0 Å². The Morgan fingerprint density at radius 3 is 2.37 bits per heavy atom.